The monoisotopic (exact) mass is 256 g/mol. The molecule has 6 heteroatoms. The lowest BCUT2D eigenvalue weighted by atomic mass is 10.2. The van der Waals surface area contributed by atoms with E-state index in [1.54, 1.807) is 4.90 Å². The van der Waals surface area contributed by atoms with E-state index >= 15 is 0 Å². The fourth-order valence-electron chi connectivity index (χ4n) is 2.53. The average molecular weight is 256 g/mol. The van der Waals surface area contributed by atoms with Crippen LogP contribution in [0.1, 0.15) is 12.8 Å². The van der Waals surface area contributed by atoms with Gasteiger partial charge in [0.25, 0.3) is 0 Å². The Bertz CT molecular complexity index is 334. The lowest BCUT2D eigenvalue weighted by molar-refractivity contribution is -0.141. The first-order chi connectivity index (χ1) is 8.63. The Morgan fingerprint density at radius 1 is 1.11 bits per heavy atom. The van der Waals surface area contributed by atoms with Gasteiger partial charge in [-0.25, -0.2) is 0 Å². The van der Waals surface area contributed by atoms with E-state index in [1.807, 2.05) is 0 Å². The number of nitrogens with zero attached hydrogens (tertiary/aromatic N) is 2. The van der Waals surface area contributed by atoms with E-state index in [0.717, 1.165) is 19.5 Å². The average Bonchev–Trinajstić information content (AvgIpc) is 3.13. The van der Waals surface area contributed by atoms with E-state index in [9.17, 15) is 9.59 Å². The Morgan fingerprint density at radius 2 is 1.89 bits per heavy atom. The lowest BCUT2D eigenvalue weighted by Crippen LogP contribution is -2.37. The van der Waals surface area contributed by atoms with Crippen molar-refractivity contribution in [3.63, 3.8) is 0 Å². The highest BCUT2D eigenvalue weighted by atomic mass is 16.4. The van der Waals surface area contributed by atoms with Gasteiger partial charge in [-0.3, -0.25) is 14.5 Å². The van der Waals surface area contributed by atoms with Crippen molar-refractivity contribution in [3.8, 4) is 0 Å². The Hall–Kier alpha value is -1.14. The van der Waals surface area contributed by atoms with E-state index in [-0.39, 0.29) is 18.4 Å². The molecule has 1 heterocycles. The van der Waals surface area contributed by atoms with E-state index in [1.165, 1.54) is 0 Å². The molecule has 6 nitrogen and oxygen atoms in total. The molecule has 0 unspecified atom stereocenters. The maximum Gasteiger partial charge on any atom is 0.307 e. The summed E-state index contributed by atoms with van der Waals surface area (Å²) in [6.07, 6.45) is 1.38. The van der Waals surface area contributed by atoms with Gasteiger partial charge >= 0.3 is 5.97 Å². The molecule has 2 N–H and O–H groups in total. The van der Waals surface area contributed by atoms with Crippen LogP contribution in [0, 0.1) is 11.8 Å². The standard InChI is InChI=1S/C12H20N2O4/c15-7-6-13-2-1-3-14(5-4-13)11(16)9-8-10(9)12(17)18/h9-10,15H,1-8H2,(H,17,18)/t9-,10+/m1/s1. The molecule has 0 aromatic carbocycles. The van der Waals surface area contributed by atoms with Crippen LogP contribution < -0.4 is 0 Å². The molecule has 0 radical (unpaired) electrons. The van der Waals surface area contributed by atoms with Gasteiger partial charge in [0.05, 0.1) is 18.4 Å². The number of β-amino-alcohol motifs (C(OH)–C–C–N with tert-alkyl or cyclic N) is 1. The minimum absolute atomic E-state index is 0.00625. The van der Waals surface area contributed by atoms with E-state index in [4.69, 9.17) is 10.2 Å². The Balaban J connectivity index is 1.83. The van der Waals surface area contributed by atoms with Crippen LogP contribution in [-0.4, -0.2) is 71.2 Å². The molecular weight excluding hydrogens is 236 g/mol. The second-order valence-corrected chi connectivity index (χ2v) is 5.03. The quantitative estimate of drug-likeness (QED) is 0.690. The number of carboxylic acid groups (broad SMARTS) is 1. The van der Waals surface area contributed by atoms with Crippen molar-refractivity contribution in [1.82, 2.24) is 9.80 Å². The molecule has 1 aliphatic heterocycles. The number of carbonyl (C=O) groups excluding carboxylic acids is 1. The second-order valence-electron chi connectivity index (χ2n) is 5.03. The molecule has 0 spiro atoms. The van der Waals surface area contributed by atoms with Crippen LogP contribution in [0.15, 0.2) is 0 Å². The molecule has 1 aliphatic carbocycles. The summed E-state index contributed by atoms with van der Waals surface area (Å²) < 4.78 is 0. The number of aliphatic carboxylic acids is 1. The van der Waals surface area contributed by atoms with Crippen LogP contribution in [0.2, 0.25) is 0 Å². The summed E-state index contributed by atoms with van der Waals surface area (Å²) in [5.74, 6) is -1.63. The van der Waals surface area contributed by atoms with Crippen LogP contribution in [0.4, 0.5) is 0 Å². The predicted octanol–water partition coefficient (Wildman–Crippen LogP) is -0.766. The highest BCUT2D eigenvalue weighted by Gasteiger charge is 2.49. The van der Waals surface area contributed by atoms with Crippen molar-refractivity contribution in [2.45, 2.75) is 12.8 Å². The zero-order valence-corrected chi connectivity index (χ0v) is 10.4. The lowest BCUT2D eigenvalue weighted by Gasteiger charge is -2.21. The normalized spacial score (nSPS) is 28.8. The van der Waals surface area contributed by atoms with E-state index in [2.05, 4.69) is 4.90 Å². The number of hydrogen-bond acceptors (Lipinski definition) is 4. The van der Waals surface area contributed by atoms with Gasteiger partial charge in [0.1, 0.15) is 0 Å². The fraction of sp³-hybridized carbons (Fsp3) is 0.833. The fourth-order valence-corrected chi connectivity index (χ4v) is 2.53. The summed E-state index contributed by atoms with van der Waals surface area (Å²) in [5.41, 5.74) is 0. The first-order valence-corrected chi connectivity index (χ1v) is 6.48. The van der Waals surface area contributed by atoms with Crippen LogP contribution in [0.25, 0.3) is 0 Å². The third-order valence-corrected chi connectivity index (χ3v) is 3.74. The first kappa shape index (κ1) is 13.3. The second kappa shape index (κ2) is 5.67. The number of aliphatic hydroxyl groups excluding tert-OH is 1. The number of rotatable bonds is 4. The third kappa shape index (κ3) is 3.00. The van der Waals surface area contributed by atoms with Gasteiger partial charge in [0.2, 0.25) is 5.91 Å². The van der Waals surface area contributed by atoms with Gasteiger partial charge in [0, 0.05) is 26.2 Å². The van der Waals surface area contributed by atoms with E-state index in [0.29, 0.717) is 26.1 Å². The van der Waals surface area contributed by atoms with Crippen molar-refractivity contribution < 1.29 is 19.8 Å². The maximum atomic E-state index is 12.1. The van der Waals surface area contributed by atoms with Crippen molar-refractivity contribution >= 4 is 11.9 Å². The summed E-state index contributed by atoms with van der Waals surface area (Å²) in [5, 5.41) is 17.7. The summed E-state index contributed by atoms with van der Waals surface area (Å²) in [6.45, 7) is 3.76. The highest BCUT2D eigenvalue weighted by Crippen LogP contribution is 2.40. The number of amides is 1. The summed E-state index contributed by atoms with van der Waals surface area (Å²) in [7, 11) is 0. The van der Waals surface area contributed by atoms with Crippen molar-refractivity contribution in [1.29, 1.82) is 0 Å². The van der Waals surface area contributed by atoms with Gasteiger partial charge in [-0.2, -0.15) is 0 Å². The molecule has 2 aliphatic rings. The van der Waals surface area contributed by atoms with Crippen LogP contribution >= 0.6 is 0 Å². The molecular formula is C12H20N2O4. The molecule has 1 amide bonds. The number of aliphatic hydroxyl groups is 1. The molecule has 1 saturated carbocycles. The number of carboxylic acids is 1. The van der Waals surface area contributed by atoms with Crippen molar-refractivity contribution in [2.75, 3.05) is 39.3 Å². The Labute approximate surface area is 106 Å². The van der Waals surface area contributed by atoms with Gasteiger partial charge in [0.15, 0.2) is 0 Å². The van der Waals surface area contributed by atoms with Crippen LogP contribution in [-0.2, 0) is 9.59 Å². The van der Waals surface area contributed by atoms with Crippen LogP contribution in [0.3, 0.4) is 0 Å². The van der Waals surface area contributed by atoms with Gasteiger partial charge < -0.3 is 15.1 Å². The molecule has 2 atom stereocenters. The first-order valence-electron chi connectivity index (χ1n) is 6.48. The minimum atomic E-state index is -0.856. The minimum Gasteiger partial charge on any atom is -0.481 e. The van der Waals surface area contributed by atoms with Gasteiger partial charge in [-0.1, -0.05) is 0 Å². The summed E-state index contributed by atoms with van der Waals surface area (Å²) in [6, 6.07) is 0. The van der Waals surface area contributed by atoms with Crippen molar-refractivity contribution in [3.05, 3.63) is 0 Å². The molecule has 1 saturated heterocycles. The van der Waals surface area contributed by atoms with E-state index < -0.39 is 11.9 Å². The van der Waals surface area contributed by atoms with Crippen molar-refractivity contribution in [2.24, 2.45) is 11.8 Å². The Morgan fingerprint density at radius 3 is 2.50 bits per heavy atom. The number of carbonyl (C=O) groups is 2. The zero-order chi connectivity index (χ0) is 13.1. The smallest absolute Gasteiger partial charge is 0.307 e. The number of hydrogen-bond donors (Lipinski definition) is 2. The maximum absolute atomic E-state index is 12.1. The molecule has 0 aromatic heterocycles. The molecule has 0 bridgehead atoms. The molecule has 102 valence electrons. The molecule has 0 aromatic rings. The summed E-state index contributed by atoms with van der Waals surface area (Å²) >= 11 is 0. The highest BCUT2D eigenvalue weighted by molar-refractivity contribution is 5.89. The van der Waals surface area contributed by atoms with Gasteiger partial charge in [-0.15, -0.1) is 0 Å². The summed E-state index contributed by atoms with van der Waals surface area (Å²) in [4.78, 5) is 26.8. The van der Waals surface area contributed by atoms with Crippen LogP contribution in [0.5, 0.6) is 0 Å². The SMILES string of the molecule is O=C(O)[C@H]1C[C@H]1C(=O)N1CCCN(CCO)CC1. The molecule has 18 heavy (non-hydrogen) atoms. The predicted molar refractivity (Wildman–Crippen MR) is 64.0 cm³/mol. The van der Waals surface area contributed by atoms with Gasteiger partial charge in [-0.05, 0) is 19.4 Å². The topological polar surface area (TPSA) is 81.1 Å². The molecule has 2 fully saturated rings. The Kier molecular flexibility index (Phi) is 4.19. The zero-order valence-electron chi connectivity index (χ0n) is 10.4. The molecule has 2 rings (SSSR count). The largest absolute Gasteiger partial charge is 0.481 e. The third-order valence-electron chi connectivity index (χ3n) is 3.74.